The van der Waals surface area contributed by atoms with Crippen LogP contribution in [0, 0.1) is 17.8 Å². The van der Waals surface area contributed by atoms with Crippen LogP contribution in [0.5, 0.6) is 11.5 Å². The molecule has 0 radical (unpaired) electrons. The van der Waals surface area contributed by atoms with Crippen LogP contribution >= 0.6 is 0 Å². The molecule has 0 heterocycles. The van der Waals surface area contributed by atoms with Crippen molar-refractivity contribution in [1.82, 2.24) is 0 Å². The molecular formula is C30H47NO10. The van der Waals surface area contributed by atoms with Crippen LogP contribution in [0.25, 0.3) is 0 Å². The van der Waals surface area contributed by atoms with Crippen LogP contribution in [0.3, 0.4) is 0 Å². The van der Waals surface area contributed by atoms with Gasteiger partial charge in [-0.2, -0.15) is 0 Å². The first-order valence-corrected chi connectivity index (χ1v) is 14.3. The normalized spacial score (nSPS) is 13.9. The van der Waals surface area contributed by atoms with Gasteiger partial charge in [0.15, 0.2) is 11.5 Å². The van der Waals surface area contributed by atoms with Crippen LogP contribution in [0.1, 0.15) is 79.7 Å². The number of carbonyl (C=O) groups excluding carboxylic acids is 4. The molecule has 0 fully saturated rings. The van der Waals surface area contributed by atoms with Gasteiger partial charge in [0, 0.05) is 6.42 Å². The maximum absolute atomic E-state index is 12.5. The maximum Gasteiger partial charge on any atom is 0.513 e. The van der Waals surface area contributed by atoms with Crippen LogP contribution in [0.2, 0.25) is 0 Å². The Bertz CT molecular complexity index is 980. The third-order valence-corrected chi connectivity index (χ3v) is 6.24. The van der Waals surface area contributed by atoms with E-state index in [1.165, 1.54) is 12.1 Å². The Morgan fingerprint density at radius 2 is 1.34 bits per heavy atom. The van der Waals surface area contributed by atoms with Crippen molar-refractivity contribution < 1.29 is 47.6 Å². The first-order valence-electron chi connectivity index (χ1n) is 14.3. The van der Waals surface area contributed by atoms with Crippen molar-refractivity contribution in [2.75, 3.05) is 19.8 Å². The molecule has 2 N–H and O–H groups in total. The predicted octanol–water partition coefficient (Wildman–Crippen LogP) is 5.59. The van der Waals surface area contributed by atoms with E-state index < -0.39 is 30.4 Å². The lowest BCUT2D eigenvalue weighted by Gasteiger charge is -2.18. The number of esters is 2. The van der Waals surface area contributed by atoms with Gasteiger partial charge in [0.1, 0.15) is 18.8 Å². The third kappa shape index (κ3) is 15.3. The number of carbonyl (C=O) groups is 4. The summed E-state index contributed by atoms with van der Waals surface area (Å²) >= 11 is 0. The molecule has 0 spiro atoms. The minimum Gasteiger partial charge on any atom is -0.462 e. The molecule has 1 aromatic carbocycles. The minimum atomic E-state index is -1.06. The second-order valence-electron chi connectivity index (χ2n) is 10.8. The van der Waals surface area contributed by atoms with E-state index >= 15 is 0 Å². The van der Waals surface area contributed by atoms with Gasteiger partial charge < -0.3 is 34.2 Å². The third-order valence-electron chi connectivity index (χ3n) is 6.24. The summed E-state index contributed by atoms with van der Waals surface area (Å²) in [7, 11) is 0. The topological polar surface area (TPSA) is 150 Å². The van der Waals surface area contributed by atoms with Gasteiger partial charge in [-0.3, -0.25) is 9.59 Å². The first-order chi connectivity index (χ1) is 19.3. The molecule has 0 amide bonds. The lowest BCUT2D eigenvalue weighted by molar-refractivity contribution is -0.159. The van der Waals surface area contributed by atoms with Gasteiger partial charge in [-0.1, -0.05) is 60.5 Å². The Balaban J connectivity index is 2.86. The van der Waals surface area contributed by atoms with Gasteiger partial charge in [0.05, 0.1) is 13.2 Å². The fraction of sp³-hybridized carbons (Fsp3) is 0.667. The lowest BCUT2D eigenvalue weighted by Crippen LogP contribution is -2.37. The maximum atomic E-state index is 12.5. The Morgan fingerprint density at radius 3 is 1.88 bits per heavy atom. The molecule has 0 saturated carbocycles. The zero-order chi connectivity index (χ0) is 30.9. The van der Waals surface area contributed by atoms with Crippen LogP contribution < -0.4 is 15.2 Å². The van der Waals surface area contributed by atoms with Gasteiger partial charge >= 0.3 is 24.2 Å². The SMILES string of the molecule is CCC(C)COC(=O)Oc1ccc(C[C@H](N)C(=O)O[C@@H](C)COC(=O)CCC(C)C)cc1OC(=O)OCC(C)CC. The predicted molar refractivity (Wildman–Crippen MR) is 152 cm³/mol. The van der Waals surface area contributed by atoms with Crippen molar-refractivity contribution in [2.24, 2.45) is 23.5 Å². The highest BCUT2D eigenvalue weighted by atomic mass is 16.7. The van der Waals surface area contributed by atoms with Gasteiger partial charge in [0.2, 0.25) is 0 Å². The minimum absolute atomic E-state index is 0.0246. The van der Waals surface area contributed by atoms with E-state index in [9.17, 15) is 19.2 Å². The fourth-order valence-electron chi connectivity index (χ4n) is 3.08. The number of ether oxygens (including phenoxy) is 6. The molecule has 0 saturated heterocycles. The monoisotopic (exact) mass is 581 g/mol. The van der Waals surface area contributed by atoms with E-state index in [0.717, 1.165) is 12.8 Å². The molecule has 0 aliphatic heterocycles. The van der Waals surface area contributed by atoms with E-state index in [4.69, 9.17) is 34.2 Å². The fourth-order valence-corrected chi connectivity index (χ4v) is 3.08. The smallest absolute Gasteiger partial charge is 0.462 e. The molecule has 1 rings (SSSR count). The summed E-state index contributed by atoms with van der Waals surface area (Å²) in [4.78, 5) is 48.9. The standard InChI is InChI=1S/C30H47NO10/c1-8-20(5)16-37-29(34)40-25-12-11-23(15-26(25)41-30(35)38-17-21(6)9-2)14-24(31)28(33)39-22(7)18-36-27(32)13-10-19(3)4/h11-12,15,19-22,24H,8-10,13-14,16-18,31H2,1-7H3/t20?,21?,22-,24-/m0/s1. The average molecular weight is 582 g/mol. The van der Waals surface area contributed by atoms with Gasteiger partial charge in [0.25, 0.3) is 0 Å². The largest absolute Gasteiger partial charge is 0.513 e. The summed E-state index contributed by atoms with van der Waals surface area (Å²) in [6, 6.07) is 3.34. The second kappa shape index (κ2) is 18.9. The van der Waals surface area contributed by atoms with E-state index in [1.54, 1.807) is 13.0 Å². The van der Waals surface area contributed by atoms with Crippen molar-refractivity contribution in [3.8, 4) is 11.5 Å². The zero-order valence-electron chi connectivity index (χ0n) is 25.4. The molecule has 0 bridgehead atoms. The summed E-state index contributed by atoms with van der Waals surface area (Å²) in [6.45, 7) is 13.7. The Hall–Kier alpha value is -3.34. The van der Waals surface area contributed by atoms with E-state index in [-0.39, 0.29) is 55.5 Å². The van der Waals surface area contributed by atoms with Crippen molar-refractivity contribution >= 4 is 24.2 Å². The highest BCUT2D eigenvalue weighted by Gasteiger charge is 2.22. The number of rotatable bonds is 17. The lowest BCUT2D eigenvalue weighted by atomic mass is 10.1. The Kier molecular flexibility index (Phi) is 16.5. The number of hydrogen-bond acceptors (Lipinski definition) is 11. The van der Waals surface area contributed by atoms with Gasteiger partial charge in [-0.15, -0.1) is 0 Å². The molecular weight excluding hydrogens is 534 g/mol. The summed E-state index contributed by atoms with van der Waals surface area (Å²) in [5.74, 6) is -0.549. The van der Waals surface area contributed by atoms with E-state index in [2.05, 4.69) is 0 Å². The molecule has 11 heteroatoms. The molecule has 1 aromatic rings. The van der Waals surface area contributed by atoms with E-state index in [1.807, 2.05) is 41.5 Å². The van der Waals surface area contributed by atoms with Crippen LogP contribution in [-0.4, -0.2) is 56.2 Å². The average Bonchev–Trinajstić information content (AvgIpc) is 2.93. The summed E-state index contributed by atoms with van der Waals surface area (Å²) in [6.07, 6.45) is 0.0563. The van der Waals surface area contributed by atoms with Crippen molar-refractivity contribution in [3.63, 3.8) is 0 Å². The second-order valence-corrected chi connectivity index (χ2v) is 10.8. The molecule has 0 aromatic heterocycles. The molecule has 232 valence electrons. The molecule has 2 unspecified atom stereocenters. The summed E-state index contributed by atoms with van der Waals surface area (Å²) in [5, 5.41) is 0. The van der Waals surface area contributed by atoms with Crippen molar-refractivity contribution in [1.29, 1.82) is 0 Å². The highest BCUT2D eigenvalue weighted by molar-refractivity contribution is 5.76. The molecule has 4 atom stereocenters. The van der Waals surface area contributed by atoms with E-state index in [0.29, 0.717) is 24.3 Å². The highest BCUT2D eigenvalue weighted by Crippen LogP contribution is 2.30. The molecule has 0 aliphatic carbocycles. The van der Waals surface area contributed by atoms with Crippen LogP contribution in [0.4, 0.5) is 9.59 Å². The Labute approximate surface area is 243 Å². The summed E-state index contributed by atoms with van der Waals surface area (Å²) in [5.41, 5.74) is 6.57. The molecule has 11 nitrogen and oxygen atoms in total. The van der Waals surface area contributed by atoms with Gasteiger partial charge in [-0.25, -0.2) is 9.59 Å². The zero-order valence-corrected chi connectivity index (χ0v) is 25.4. The Morgan fingerprint density at radius 1 is 0.780 bits per heavy atom. The van der Waals surface area contributed by atoms with Gasteiger partial charge in [-0.05, 0) is 55.2 Å². The molecule has 41 heavy (non-hydrogen) atoms. The number of hydrogen-bond donors (Lipinski definition) is 1. The quantitative estimate of drug-likeness (QED) is 0.139. The van der Waals surface area contributed by atoms with Crippen LogP contribution in [0.15, 0.2) is 18.2 Å². The van der Waals surface area contributed by atoms with Crippen molar-refractivity contribution in [3.05, 3.63) is 23.8 Å². The summed E-state index contributed by atoms with van der Waals surface area (Å²) < 4.78 is 31.4. The number of benzene rings is 1. The number of nitrogens with two attached hydrogens (primary N) is 1. The first kappa shape index (κ1) is 35.7. The molecule has 0 aliphatic rings. The van der Waals surface area contributed by atoms with Crippen LogP contribution in [-0.2, 0) is 35.0 Å². The van der Waals surface area contributed by atoms with Crippen molar-refractivity contribution in [2.45, 2.75) is 92.7 Å².